The molecule has 1 aliphatic heterocycles. The first-order valence-corrected chi connectivity index (χ1v) is 11.9. The SMILES string of the molecule is O=CC(F)(F)F.ONC(=Nc1ccc(F)c(Br)c1)c1nonc1NCc1ccc(CN2CCOCC2)cc1. The number of amidine groups is 1. The van der Waals surface area contributed by atoms with Gasteiger partial charge in [-0.05, 0) is 55.6 Å². The Hall–Kier alpha value is -3.40. The van der Waals surface area contributed by atoms with E-state index in [4.69, 9.17) is 14.2 Å². The number of carbonyl (C=O) groups is 1. The summed E-state index contributed by atoms with van der Waals surface area (Å²) >= 11 is 3.11. The van der Waals surface area contributed by atoms with Crippen LogP contribution < -0.4 is 10.8 Å². The first-order valence-electron chi connectivity index (χ1n) is 11.1. The third-order valence-corrected chi connectivity index (χ3v) is 5.70. The maximum Gasteiger partial charge on any atom is 0.446 e. The fourth-order valence-electron chi connectivity index (χ4n) is 3.24. The normalized spacial score (nSPS) is 14.4. The van der Waals surface area contributed by atoms with E-state index < -0.39 is 18.3 Å². The zero-order valence-electron chi connectivity index (χ0n) is 19.7. The zero-order chi connectivity index (χ0) is 27.5. The number of carbonyl (C=O) groups excluding carboxylic acids is 1. The molecule has 2 aromatic carbocycles. The number of anilines is 1. The van der Waals surface area contributed by atoms with Crippen molar-refractivity contribution in [2.75, 3.05) is 31.6 Å². The minimum absolute atomic E-state index is 0.00752. The molecule has 0 saturated carbocycles. The predicted octanol–water partition coefficient (Wildman–Crippen LogP) is 4.22. The second kappa shape index (κ2) is 13.9. The van der Waals surface area contributed by atoms with Crippen molar-refractivity contribution in [2.45, 2.75) is 19.3 Å². The van der Waals surface area contributed by atoms with Gasteiger partial charge in [-0.25, -0.2) is 14.0 Å². The summed E-state index contributed by atoms with van der Waals surface area (Å²) in [6.07, 6.45) is -5.70. The molecule has 1 saturated heterocycles. The van der Waals surface area contributed by atoms with E-state index >= 15 is 0 Å². The highest BCUT2D eigenvalue weighted by atomic mass is 79.9. The van der Waals surface area contributed by atoms with Gasteiger partial charge in [-0.2, -0.15) is 13.2 Å². The van der Waals surface area contributed by atoms with Crippen LogP contribution in [0.4, 0.5) is 29.1 Å². The Labute approximate surface area is 222 Å². The van der Waals surface area contributed by atoms with Crippen molar-refractivity contribution < 1.29 is 36.9 Å². The minimum Gasteiger partial charge on any atom is -0.379 e. The molecule has 0 amide bonds. The van der Waals surface area contributed by atoms with E-state index in [-0.39, 0.29) is 16.0 Å². The number of alkyl halides is 3. The lowest BCUT2D eigenvalue weighted by molar-refractivity contribution is -0.156. The van der Waals surface area contributed by atoms with Gasteiger partial charge in [0, 0.05) is 26.2 Å². The van der Waals surface area contributed by atoms with Crippen LogP contribution in [0.3, 0.4) is 0 Å². The topological polar surface area (TPSA) is 125 Å². The van der Waals surface area contributed by atoms with Gasteiger partial charge in [0.1, 0.15) is 5.82 Å². The molecule has 0 bridgehead atoms. The number of hydrogen-bond acceptors (Lipinski definition) is 9. The lowest BCUT2D eigenvalue weighted by atomic mass is 10.1. The second-order valence-electron chi connectivity index (χ2n) is 7.85. The number of aliphatic imine (C=N–C) groups is 1. The fourth-order valence-corrected chi connectivity index (χ4v) is 3.61. The molecule has 1 fully saturated rings. The zero-order valence-corrected chi connectivity index (χ0v) is 21.3. The summed E-state index contributed by atoms with van der Waals surface area (Å²) in [5.74, 6) is -0.0964. The molecule has 10 nitrogen and oxygen atoms in total. The monoisotopic (exact) mass is 602 g/mol. The molecule has 2 heterocycles. The largest absolute Gasteiger partial charge is 0.446 e. The number of aromatic nitrogens is 2. The number of morpholine rings is 1. The van der Waals surface area contributed by atoms with Gasteiger partial charge in [0.2, 0.25) is 12.1 Å². The van der Waals surface area contributed by atoms with Gasteiger partial charge in [0.25, 0.3) is 0 Å². The smallest absolute Gasteiger partial charge is 0.379 e. The molecule has 0 aliphatic carbocycles. The van der Waals surface area contributed by atoms with Crippen LogP contribution in [0.1, 0.15) is 16.8 Å². The summed E-state index contributed by atoms with van der Waals surface area (Å²) in [5.41, 5.74) is 4.87. The van der Waals surface area contributed by atoms with Crippen LogP contribution >= 0.6 is 15.9 Å². The summed E-state index contributed by atoms with van der Waals surface area (Å²) in [6.45, 7) is 4.83. The lowest BCUT2D eigenvalue weighted by Crippen LogP contribution is -2.35. The van der Waals surface area contributed by atoms with E-state index in [0.717, 1.165) is 38.4 Å². The molecular weight excluding hydrogens is 580 g/mol. The maximum atomic E-state index is 13.4. The standard InChI is InChI=1S/C21H22BrFN6O3.C2HF3O/c22-17-11-16(5-6-18(17)23)25-21(26-30)19-20(28-32-27-19)24-12-14-1-3-15(4-2-14)13-29-7-9-31-10-8-29;3-2(4,5)1-6/h1-6,11,30H,7-10,12-13H2,(H,24,28)(H,25,26);1H. The molecule has 0 spiro atoms. The number of benzene rings is 2. The van der Waals surface area contributed by atoms with Crippen molar-refractivity contribution >= 4 is 39.6 Å². The van der Waals surface area contributed by atoms with Gasteiger partial charge >= 0.3 is 6.18 Å². The van der Waals surface area contributed by atoms with E-state index in [0.29, 0.717) is 18.1 Å². The Morgan fingerprint density at radius 2 is 1.79 bits per heavy atom. The summed E-state index contributed by atoms with van der Waals surface area (Å²) in [7, 11) is 0. The molecule has 1 aliphatic rings. The fraction of sp³-hybridized carbons (Fsp3) is 0.304. The van der Waals surface area contributed by atoms with Gasteiger partial charge < -0.3 is 10.1 Å². The number of halogens is 5. The number of nitrogens with one attached hydrogen (secondary N) is 2. The highest BCUT2D eigenvalue weighted by Gasteiger charge is 2.25. The molecule has 0 radical (unpaired) electrons. The number of nitrogens with zero attached hydrogens (tertiary/aromatic N) is 4. The Bertz CT molecular complexity index is 1220. The highest BCUT2D eigenvalue weighted by molar-refractivity contribution is 9.10. The third kappa shape index (κ3) is 9.16. The number of rotatable bonds is 7. The lowest BCUT2D eigenvalue weighted by Gasteiger charge is -2.26. The third-order valence-electron chi connectivity index (χ3n) is 5.09. The van der Waals surface area contributed by atoms with Gasteiger partial charge in [0.05, 0.1) is 23.4 Å². The molecule has 3 aromatic rings. The Morgan fingerprint density at radius 1 is 1.13 bits per heavy atom. The van der Waals surface area contributed by atoms with E-state index in [2.05, 4.69) is 53.6 Å². The van der Waals surface area contributed by atoms with E-state index in [1.165, 1.54) is 23.8 Å². The average molecular weight is 603 g/mol. The number of ether oxygens (including phenoxy) is 1. The molecule has 4 rings (SSSR count). The first-order chi connectivity index (χ1) is 18.2. The molecule has 0 atom stereocenters. The maximum absolute atomic E-state index is 13.4. The second-order valence-corrected chi connectivity index (χ2v) is 8.70. The van der Waals surface area contributed by atoms with E-state index in [9.17, 15) is 22.8 Å². The average Bonchev–Trinajstić information content (AvgIpc) is 3.38. The van der Waals surface area contributed by atoms with Gasteiger partial charge in [0.15, 0.2) is 11.5 Å². The molecule has 1 aromatic heterocycles. The van der Waals surface area contributed by atoms with Crippen molar-refractivity contribution in [1.29, 1.82) is 0 Å². The van der Waals surface area contributed by atoms with Crippen molar-refractivity contribution in [3.05, 3.63) is 69.6 Å². The van der Waals surface area contributed by atoms with Crippen LogP contribution in [0.2, 0.25) is 0 Å². The highest BCUT2D eigenvalue weighted by Crippen LogP contribution is 2.23. The van der Waals surface area contributed by atoms with Crippen LogP contribution in [-0.2, 0) is 22.6 Å². The van der Waals surface area contributed by atoms with Crippen LogP contribution in [0.25, 0.3) is 0 Å². The van der Waals surface area contributed by atoms with Crippen LogP contribution in [0, 0.1) is 5.82 Å². The minimum atomic E-state index is -4.64. The van der Waals surface area contributed by atoms with Gasteiger partial charge in [-0.1, -0.05) is 24.3 Å². The van der Waals surface area contributed by atoms with Gasteiger partial charge in [-0.3, -0.25) is 20.4 Å². The first kappa shape index (κ1) is 29.2. The molecular formula is C23H23BrF4N6O4. The molecule has 38 heavy (non-hydrogen) atoms. The van der Waals surface area contributed by atoms with Crippen LogP contribution in [-0.4, -0.2) is 65.0 Å². The van der Waals surface area contributed by atoms with E-state index in [1.807, 2.05) is 17.6 Å². The quantitative estimate of drug-likeness (QED) is 0.120. The van der Waals surface area contributed by atoms with Gasteiger partial charge in [-0.15, -0.1) is 0 Å². The molecule has 3 N–H and O–H groups in total. The number of hydroxylamine groups is 1. The summed E-state index contributed by atoms with van der Waals surface area (Å²) in [5, 5.41) is 20.3. The summed E-state index contributed by atoms with van der Waals surface area (Å²) in [6, 6.07) is 12.5. The van der Waals surface area contributed by atoms with Crippen molar-refractivity contribution in [3.63, 3.8) is 0 Å². The molecule has 204 valence electrons. The van der Waals surface area contributed by atoms with Crippen LogP contribution in [0.15, 0.2) is 56.6 Å². The van der Waals surface area contributed by atoms with Crippen molar-refractivity contribution in [2.24, 2.45) is 4.99 Å². The Kier molecular flexibility index (Phi) is 10.7. The number of aldehydes is 1. The summed E-state index contributed by atoms with van der Waals surface area (Å²) < 4.78 is 55.2. The van der Waals surface area contributed by atoms with Crippen LogP contribution in [0.5, 0.6) is 0 Å². The van der Waals surface area contributed by atoms with Crippen molar-refractivity contribution in [3.8, 4) is 0 Å². The summed E-state index contributed by atoms with van der Waals surface area (Å²) in [4.78, 5) is 15.3. The molecule has 0 unspecified atom stereocenters. The Balaban J connectivity index is 0.000000599. The van der Waals surface area contributed by atoms with E-state index in [1.54, 1.807) is 0 Å². The molecule has 15 heteroatoms. The Morgan fingerprint density at radius 3 is 2.39 bits per heavy atom. The predicted molar refractivity (Wildman–Crippen MR) is 132 cm³/mol. The van der Waals surface area contributed by atoms with Crippen molar-refractivity contribution in [1.82, 2.24) is 20.7 Å². The number of hydrogen-bond donors (Lipinski definition) is 3.